The van der Waals surface area contributed by atoms with E-state index in [1.54, 1.807) is 24.1 Å². The molecule has 0 bridgehead atoms. The third-order valence-electron chi connectivity index (χ3n) is 4.27. The molecule has 0 atom stereocenters. The Morgan fingerprint density at radius 1 is 1.15 bits per heavy atom. The van der Waals surface area contributed by atoms with E-state index >= 15 is 0 Å². The quantitative estimate of drug-likeness (QED) is 0.458. The molecule has 0 saturated carbocycles. The molecule has 1 aliphatic heterocycles. The Morgan fingerprint density at radius 2 is 1.81 bits per heavy atom. The lowest BCUT2D eigenvalue weighted by molar-refractivity contribution is -0.384. The summed E-state index contributed by atoms with van der Waals surface area (Å²) >= 11 is 1.58. The van der Waals surface area contributed by atoms with E-state index in [1.807, 2.05) is 30.3 Å². The minimum absolute atomic E-state index is 0.0938. The van der Waals surface area contributed by atoms with E-state index in [-0.39, 0.29) is 24.4 Å². The number of ether oxygens (including phenoxy) is 1. The number of carbonyl (C=O) groups is 1. The Balaban J connectivity index is 1.38. The highest BCUT2D eigenvalue weighted by Crippen LogP contribution is 2.27. The van der Waals surface area contributed by atoms with Gasteiger partial charge in [0, 0.05) is 36.2 Å². The third-order valence-corrected chi connectivity index (χ3v) is 5.38. The molecule has 0 unspecified atom stereocenters. The number of hydrogen-bond donors (Lipinski definition) is 1. The van der Waals surface area contributed by atoms with E-state index in [1.165, 1.54) is 12.1 Å². The number of rotatable bonds is 6. The second kappa shape index (κ2) is 9.38. The Kier molecular flexibility index (Phi) is 6.67. The molecule has 1 aliphatic rings. The zero-order chi connectivity index (χ0) is 19.1. The van der Waals surface area contributed by atoms with Crippen LogP contribution >= 0.6 is 11.9 Å². The van der Waals surface area contributed by atoms with Gasteiger partial charge in [0.1, 0.15) is 6.61 Å². The van der Waals surface area contributed by atoms with Crippen LogP contribution in [0, 0.1) is 10.1 Å². The largest absolute Gasteiger partial charge is 0.445 e. The van der Waals surface area contributed by atoms with Crippen molar-refractivity contribution in [2.24, 2.45) is 0 Å². The van der Waals surface area contributed by atoms with Crippen LogP contribution < -0.4 is 5.32 Å². The van der Waals surface area contributed by atoms with Crippen LogP contribution in [-0.2, 0) is 11.3 Å². The van der Waals surface area contributed by atoms with Crippen molar-refractivity contribution in [2.75, 3.05) is 13.1 Å². The average molecular weight is 387 g/mol. The number of benzene rings is 2. The average Bonchev–Trinajstić information content (AvgIpc) is 2.69. The molecule has 1 amide bonds. The van der Waals surface area contributed by atoms with Crippen molar-refractivity contribution in [1.82, 2.24) is 9.62 Å². The van der Waals surface area contributed by atoms with Gasteiger partial charge in [-0.3, -0.25) is 10.1 Å². The smallest absolute Gasteiger partial charge is 0.407 e. The van der Waals surface area contributed by atoms with Crippen molar-refractivity contribution in [1.29, 1.82) is 0 Å². The second-order valence-corrected chi connectivity index (χ2v) is 7.42. The van der Waals surface area contributed by atoms with Crippen molar-refractivity contribution < 1.29 is 14.5 Å². The van der Waals surface area contributed by atoms with E-state index in [2.05, 4.69) is 9.62 Å². The molecule has 3 rings (SSSR count). The maximum atomic E-state index is 11.9. The van der Waals surface area contributed by atoms with Gasteiger partial charge in [-0.1, -0.05) is 30.3 Å². The molecule has 2 aromatic rings. The van der Waals surface area contributed by atoms with E-state index in [4.69, 9.17) is 4.74 Å². The fourth-order valence-corrected chi connectivity index (χ4v) is 3.75. The highest BCUT2D eigenvalue weighted by molar-refractivity contribution is 7.97. The van der Waals surface area contributed by atoms with Crippen LogP contribution in [-0.4, -0.2) is 34.5 Å². The van der Waals surface area contributed by atoms with Gasteiger partial charge in [0.15, 0.2) is 0 Å². The monoisotopic (exact) mass is 387 g/mol. The first-order valence-electron chi connectivity index (χ1n) is 8.75. The summed E-state index contributed by atoms with van der Waals surface area (Å²) in [5.74, 6) is 0. The molecule has 0 radical (unpaired) electrons. The van der Waals surface area contributed by atoms with Crippen LogP contribution in [0.5, 0.6) is 0 Å². The van der Waals surface area contributed by atoms with E-state index in [0.717, 1.165) is 36.4 Å². The number of nitro groups is 1. The number of nitrogens with zero attached hydrogens (tertiary/aromatic N) is 2. The predicted octanol–water partition coefficient (Wildman–Crippen LogP) is 3.99. The number of nitro benzene ring substituents is 1. The standard InChI is InChI=1S/C19H21N3O4S/c23-19(26-14-15-4-2-1-3-5-15)20-16-10-12-21(13-11-16)27-18-8-6-17(7-9-18)22(24)25/h1-9,16H,10-14H2,(H,20,23). The SMILES string of the molecule is O=C(NC1CCN(Sc2ccc([N+](=O)[O-])cc2)CC1)OCc1ccccc1. The van der Waals surface area contributed by atoms with Gasteiger partial charge >= 0.3 is 6.09 Å². The first kappa shape index (κ1) is 19.2. The van der Waals surface area contributed by atoms with E-state index in [9.17, 15) is 14.9 Å². The Morgan fingerprint density at radius 3 is 2.44 bits per heavy atom. The lowest BCUT2D eigenvalue weighted by Crippen LogP contribution is -2.42. The lowest BCUT2D eigenvalue weighted by atomic mass is 10.1. The van der Waals surface area contributed by atoms with Crippen molar-refractivity contribution in [2.45, 2.75) is 30.4 Å². The summed E-state index contributed by atoms with van der Waals surface area (Å²) in [7, 11) is 0. The second-order valence-electron chi connectivity index (χ2n) is 6.25. The summed E-state index contributed by atoms with van der Waals surface area (Å²) in [4.78, 5) is 23.2. The number of carbonyl (C=O) groups excluding carboxylic acids is 1. The first-order chi connectivity index (χ1) is 13.1. The summed E-state index contributed by atoms with van der Waals surface area (Å²) in [5, 5.41) is 13.6. The van der Waals surface area contributed by atoms with Gasteiger partial charge in [-0.25, -0.2) is 9.10 Å². The molecule has 1 saturated heterocycles. The third kappa shape index (κ3) is 5.97. The number of non-ortho nitro benzene ring substituents is 1. The highest BCUT2D eigenvalue weighted by atomic mass is 32.2. The van der Waals surface area contributed by atoms with Gasteiger partial charge in [-0.05, 0) is 42.5 Å². The Bertz CT molecular complexity index is 762. The van der Waals surface area contributed by atoms with Crippen molar-refractivity contribution in [3.63, 3.8) is 0 Å². The van der Waals surface area contributed by atoms with Crippen molar-refractivity contribution >= 4 is 23.7 Å². The van der Waals surface area contributed by atoms with E-state index in [0.29, 0.717) is 0 Å². The number of alkyl carbamates (subject to hydrolysis) is 1. The number of hydrogen-bond acceptors (Lipinski definition) is 6. The van der Waals surface area contributed by atoms with Gasteiger partial charge in [-0.15, -0.1) is 0 Å². The molecule has 8 heteroatoms. The zero-order valence-electron chi connectivity index (χ0n) is 14.7. The van der Waals surface area contributed by atoms with Gasteiger partial charge in [-0.2, -0.15) is 0 Å². The van der Waals surface area contributed by atoms with Crippen LogP contribution in [0.15, 0.2) is 59.5 Å². The van der Waals surface area contributed by atoms with Crippen LogP contribution in [0.4, 0.5) is 10.5 Å². The molecular formula is C19H21N3O4S. The summed E-state index contributed by atoms with van der Waals surface area (Å²) in [6, 6.07) is 16.2. The van der Waals surface area contributed by atoms with Crippen molar-refractivity contribution in [3.8, 4) is 0 Å². The zero-order valence-corrected chi connectivity index (χ0v) is 15.6. The normalized spacial score (nSPS) is 15.3. The van der Waals surface area contributed by atoms with Crippen LogP contribution in [0.25, 0.3) is 0 Å². The maximum absolute atomic E-state index is 11.9. The molecule has 0 spiro atoms. The summed E-state index contributed by atoms with van der Waals surface area (Å²) in [6.07, 6.45) is 1.28. The summed E-state index contributed by atoms with van der Waals surface area (Å²) in [6.45, 7) is 1.91. The topological polar surface area (TPSA) is 84.7 Å². The predicted molar refractivity (Wildman–Crippen MR) is 103 cm³/mol. The minimum atomic E-state index is -0.400. The highest BCUT2D eigenvalue weighted by Gasteiger charge is 2.22. The molecule has 1 fully saturated rings. The number of piperidine rings is 1. The Labute approximate surface area is 162 Å². The maximum Gasteiger partial charge on any atom is 0.407 e. The van der Waals surface area contributed by atoms with Gasteiger partial charge in [0.25, 0.3) is 5.69 Å². The fourth-order valence-electron chi connectivity index (χ4n) is 2.80. The minimum Gasteiger partial charge on any atom is -0.445 e. The molecule has 0 aliphatic carbocycles. The van der Waals surface area contributed by atoms with Gasteiger partial charge < -0.3 is 10.1 Å². The molecular weight excluding hydrogens is 366 g/mol. The van der Waals surface area contributed by atoms with Crippen LogP contribution in [0.3, 0.4) is 0 Å². The van der Waals surface area contributed by atoms with E-state index < -0.39 is 4.92 Å². The van der Waals surface area contributed by atoms with Gasteiger partial charge in [0.05, 0.1) is 4.92 Å². The molecule has 1 N–H and O–H groups in total. The Hall–Kier alpha value is -2.58. The molecule has 0 aromatic heterocycles. The van der Waals surface area contributed by atoms with Gasteiger partial charge in [0.2, 0.25) is 0 Å². The molecule has 2 aromatic carbocycles. The molecule has 142 valence electrons. The number of nitrogens with one attached hydrogen (secondary N) is 1. The van der Waals surface area contributed by atoms with Crippen molar-refractivity contribution in [3.05, 3.63) is 70.3 Å². The molecule has 7 nitrogen and oxygen atoms in total. The molecule has 1 heterocycles. The van der Waals surface area contributed by atoms with Crippen LogP contribution in [0.2, 0.25) is 0 Å². The fraction of sp³-hybridized carbons (Fsp3) is 0.316. The van der Waals surface area contributed by atoms with Crippen LogP contribution in [0.1, 0.15) is 18.4 Å². The lowest BCUT2D eigenvalue weighted by Gasteiger charge is -2.31. The number of amides is 1. The summed E-state index contributed by atoms with van der Waals surface area (Å²) in [5.41, 5.74) is 1.05. The molecule has 27 heavy (non-hydrogen) atoms. The first-order valence-corrected chi connectivity index (χ1v) is 9.52. The summed E-state index contributed by atoms with van der Waals surface area (Å²) < 4.78 is 7.46.